The average Bonchev–Trinajstić information content (AvgIpc) is 2.14. The molecule has 76 valence electrons. The second-order valence-electron chi connectivity index (χ2n) is 5.10. The number of fused-ring (bicyclic) bond motifs is 4. The fourth-order valence-electron chi connectivity index (χ4n) is 3.94. The van der Waals surface area contributed by atoms with Gasteiger partial charge in [0.05, 0.1) is 0 Å². The fraction of sp³-hybridized carbons (Fsp3) is 0.833. The summed E-state index contributed by atoms with van der Waals surface area (Å²) in [4.78, 5) is 23.4. The lowest BCUT2D eigenvalue weighted by molar-refractivity contribution is -0.160. The van der Waals surface area contributed by atoms with E-state index in [2.05, 4.69) is 0 Å². The average molecular weight is 192 g/mol. The van der Waals surface area contributed by atoms with Crippen molar-refractivity contribution in [2.45, 2.75) is 38.5 Å². The number of hydrogen-bond acceptors (Lipinski definition) is 2. The predicted octanol–water partition coefficient (Wildman–Crippen LogP) is 1.97. The van der Waals surface area contributed by atoms with Crippen LogP contribution in [0.3, 0.4) is 0 Å². The molecule has 0 bridgehead atoms. The highest BCUT2D eigenvalue weighted by Crippen LogP contribution is 2.56. The number of Topliss-reactive ketones (excluding diaryl/α,β-unsaturated/α-hetero) is 2. The first-order valence-electron chi connectivity index (χ1n) is 5.84. The Bertz CT molecular complexity index is 265. The van der Waals surface area contributed by atoms with E-state index in [1.165, 1.54) is 12.8 Å². The second-order valence-corrected chi connectivity index (χ2v) is 5.10. The minimum Gasteiger partial charge on any atom is -0.299 e. The van der Waals surface area contributed by atoms with Gasteiger partial charge in [0.2, 0.25) is 0 Å². The van der Waals surface area contributed by atoms with Crippen molar-refractivity contribution in [3.8, 4) is 0 Å². The molecule has 0 unspecified atom stereocenters. The standard InChI is InChI=1S/C12H16O2/c13-9-5-1-3-7-8-4-2-6-10(14)12(8)11(7)9/h7-8,11-12H,1-6H2/t7-,8+,11-,12-/m1/s1. The fourth-order valence-corrected chi connectivity index (χ4v) is 3.94. The van der Waals surface area contributed by atoms with Crippen molar-refractivity contribution in [2.24, 2.45) is 23.7 Å². The van der Waals surface area contributed by atoms with E-state index in [1.54, 1.807) is 0 Å². The van der Waals surface area contributed by atoms with Crippen LogP contribution in [0.4, 0.5) is 0 Å². The van der Waals surface area contributed by atoms with Crippen LogP contribution in [0.2, 0.25) is 0 Å². The molecule has 2 heteroatoms. The molecule has 3 saturated carbocycles. The van der Waals surface area contributed by atoms with E-state index in [1.807, 2.05) is 0 Å². The molecule has 3 rings (SSSR count). The number of carbonyl (C=O) groups excluding carboxylic acids is 2. The lowest BCUT2D eigenvalue weighted by Gasteiger charge is -2.55. The molecule has 0 saturated heterocycles. The van der Waals surface area contributed by atoms with E-state index in [9.17, 15) is 9.59 Å². The molecule has 14 heavy (non-hydrogen) atoms. The lowest BCUT2D eigenvalue weighted by Crippen LogP contribution is -2.57. The molecule has 4 atom stereocenters. The van der Waals surface area contributed by atoms with E-state index in [4.69, 9.17) is 0 Å². The Morgan fingerprint density at radius 1 is 0.786 bits per heavy atom. The van der Waals surface area contributed by atoms with Gasteiger partial charge in [-0.15, -0.1) is 0 Å². The number of hydrogen-bond donors (Lipinski definition) is 0. The highest BCUT2D eigenvalue weighted by Gasteiger charge is 2.57. The van der Waals surface area contributed by atoms with Gasteiger partial charge in [-0.3, -0.25) is 9.59 Å². The zero-order valence-electron chi connectivity index (χ0n) is 8.37. The summed E-state index contributed by atoms with van der Waals surface area (Å²) in [5, 5.41) is 0. The molecular formula is C12H16O2. The van der Waals surface area contributed by atoms with E-state index in [0.717, 1.165) is 25.7 Å². The van der Waals surface area contributed by atoms with Crippen LogP contribution in [0.5, 0.6) is 0 Å². The Morgan fingerprint density at radius 2 is 1.21 bits per heavy atom. The Balaban J connectivity index is 1.86. The predicted molar refractivity (Wildman–Crippen MR) is 51.7 cm³/mol. The minimum atomic E-state index is 0.154. The Labute approximate surface area is 84.1 Å². The van der Waals surface area contributed by atoms with Crippen LogP contribution in [-0.4, -0.2) is 11.6 Å². The molecule has 3 aliphatic rings. The third kappa shape index (κ3) is 0.971. The van der Waals surface area contributed by atoms with Gasteiger partial charge in [0.15, 0.2) is 0 Å². The molecule has 0 aromatic carbocycles. The highest BCUT2D eigenvalue weighted by atomic mass is 16.1. The molecule has 0 aromatic heterocycles. The van der Waals surface area contributed by atoms with Crippen LogP contribution < -0.4 is 0 Å². The summed E-state index contributed by atoms with van der Waals surface area (Å²) in [5.41, 5.74) is 0. The lowest BCUT2D eigenvalue weighted by atomic mass is 9.47. The van der Waals surface area contributed by atoms with E-state index in [0.29, 0.717) is 23.4 Å². The summed E-state index contributed by atoms with van der Waals surface area (Å²) >= 11 is 0. The zero-order chi connectivity index (χ0) is 9.71. The summed E-state index contributed by atoms with van der Waals surface area (Å²) in [6, 6.07) is 0. The van der Waals surface area contributed by atoms with Crippen molar-refractivity contribution in [1.82, 2.24) is 0 Å². The van der Waals surface area contributed by atoms with Crippen molar-refractivity contribution in [3.05, 3.63) is 0 Å². The van der Waals surface area contributed by atoms with Crippen molar-refractivity contribution in [3.63, 3.8) is 0 Å². The molecule has 2 nitrogen and oxygen atoms in total. The third-order valence-corrected chi connectivity index (χ3v) is 4.52. The summed E-state index contributed by atoms with van der Waals surface area (Å²) < 4.78 is 0. The van der Waals surface area contributed by atoms with Crippen molar-refractivity contribution < 1.29 is 9.59 Å². The first-order chi connectivity index (χ1) is 6.79. The van der Waals surface area contributed by atoms with Gasteiger partial charge in [0.1, 0.15) is 11.6 Å². The molecule has 0 heterocycles. The molecule has 0 spiro atoms. The summed E-state index contributed by atoms with van der Waals surface area (Å²) in [7, 11) is 0. The maximum atomic E-state index is 11.7. The van der Waals surface area contributed by atoms with Gasteiger partial charge in [0, 0.05) is 24.7 Å². The van der Waals surface area contributed by atoms with Gasteiger partial charge in [-0.05, 0) is 37.5 Å². The van der Waals surface area contributed by atoms with Gasteiger partial charge >= 0.3 is 0 Å². The normalized spacial score (nSPS) is 46.6. The monoisotopic (exact) mass is 192 g/mol. The molecule has 0 aromatic rings. The summed E-state index contributed by atoms with van der Waals surface area (Å²) in [6.45, 7) is 0. The van der Waals surface area contributed by atoms with Crippen LogP contribution in [-0.2, 0) is 9.59 Å². The molecule has 0 N–H and O–H groups in total. The second kappa shape index (κ2) is 2.91. The number of rotatable bonds is 0. The van der Waals surface area contributed by atoms with Gasteiger partial charge in [-0.25, -0.2) is 0 Å². The smallest absolute Gasteiger partial charge is 0.136 e. The Hall–Kier alpha value is -0.660. The minimum absolute atomic E-state index is 0.154. The molecule has 3 aliphatic carbocycles. The molecule has 0 amide bonds. The topological polar surface area (TPSA) is 34.1 Å². The highest BCUT2D eigenvalue weighted by molar-refractivity contribution is 5.93. The quantitative estimate of drug-likeness (QED) is 0.588. The van der Waals surface area contributed by atoms with E-state index in [-0.39, 0.29) is 11.8 Å². The van der Waals surface area contributed by atoms with Gasteiger partial charge < -0.3 is 0 Å². The van der Waals surface area contributed by atoms with Crippen LogP contribution >= 0.6 is 0 Å². The van der Waals surface area contributed by atoms with E-state index >= 15 is 0 Å². The maximum Gasteiger partial charge on any atom is 0.136 e. The van der Waals surface area contributed by atoms with Crippen LogP contribution in [0.25, 0.3) is 0 Å². The van der Waals surface area contributed by atoms with Gasteiger partial charge in [-0.1, -0.05) is 0 Å². The molecule has 0 aliphatic heterocycles. The maximum absolute atomic E-state index is 11.7. The number of carbonyl (C=O) groups is 2. The molecule has 3 fully saturated rings. The number of ketones is 2. The molecule has 0 radical (unpaired) electrons. The zero-order valence-corrected chi connectivity index (χ0v) is 8.37. The van der Waals surface area contributed by atoms with Gasteiger partial charge in [0.25, 0.3) is 0 Å². The first kappa shape index (κ1) is 8.63. The van der Waals surface area contributed by atoms with Crippen molar-refractivity contribution in [1.29, 1.82) is 0 Å². The summed E-state index contributed by atoms with van der Waals surface area (Å²) in [6.07, 6.45) is 6.00. The summed E-state index contributed by atoms with van der Waals surface area (Å²) in [5.74, 6) is 2.26. The van der Waals surface area contributed by atoms with Crippen molar-refractivity contribution in [2.75, 3.05) is 0 Å². The largest absolute Gasteiger partial charge is 0.299 e. The van der Waals surface area contributed by atoms with Crippen LogP contribution in [0.1, 0.15) is 38.5 Å². The molecular weight excluding hydrogens is 176 g/mol. The van der Waals surface area contributed by atoms with Crippen LogP contribution in [0.15, 0.2) is 0 Å². The SMILES string of the molecule is O=C1CCC[C@@H]2[C@@H]3CCCC(=O)[C@@H]3[C@@H]12. The Kier molecular flexibility index (Phi) is 1.80. The Morgan fingerprint density at radius 3 is 1.64 bits per heavy atom. The van der Waals surface area contributed by atoms with Gasteiger partial charge in [-0.2, -0.15) is 0 Å². The van der Waals surface area contributed by atoms with Crippen molar-refractivity contribution >= 4 is 11.6 Å². The van der Waals surface area contributed by atoms with Crippen LogP contribution in [0, 0.1) is 23.7 Å². The van der Waals surface area contributed by atoms with E-state index < -0.39 is 0 Å². The third-order valence-electron chi connectivity index (χ3n) is 4.52. The first-order valence-corrected chi connectivity index (χ1v) is 5.84.